The van der Waals surface area contributed by atoms with Crippen LogP contribution in [-0.2, 0) is 18.4 Å². The topological polar surface area (TPSA) is 105 Å². The highest BCUT2D eigenvalue weighted by molar-refractivity contribution is 7.47. The van der Waals surface area contributed by atoms with Gasteiger partial charge in [0.1, 0.15) is 13.2 Å². The number of carbonyl (C=O) groups excluding carboxylic acids is 1. The Morgan fingerprint density at radius 2 is 0.844 bits per heavy atom. The summed E-state index contributed by atoms with van der Waals surface area (Å²) in [5, 5.41) is 14.0. The average molecular weight is 928 g/mol. The lowest BCUT2D eigenvalue weighted by atomic mass is 10.0. The van der Waals surface area contributed by atoms with Gasteiger partial charge in [-0.1, -0.05) is 251 Å². The minimum Gasteiger partial charge on any atom is -0.391 e. The third-order valence-corrected chi connectivity index (χ3v) is 14.0. The normalized spacial score (nSPS) is 14.0. The molecule has 0 saturated heterocycles. The van der Waals surface area contributed by atoms with E-state index in [2.05, 4.69) is 31.3 Å². The molecule has 0 aliphatic carbocycles. The zero-order valence-electron chi connectivity index (χ0n) is 43.6. The first-order valence-electron chi connectivity index (χ1n) is 28.1. The number of hydrogen-bond acceptors (Lipinski definition) is 5. The Bertz CT molecular complexity index is 1050. The number of allylic oxidation sites excluding steroid dienone is 2. The van der Waals surface area contributed by atoms with E-state index in [1.807, 2.05) is 21.1 Å². The zero-order valence-corrected chi connectivity index (χ0v) is 44.4. The molecule has 0 spiro atoms. The van der Waals surface area contributed by atoms with E-state index in [1.165, 1.54) is 218 Å². The van der Waals surface area contributed by atoms with Gasteiger partial charge in [0.05, 0.1) is 39.9 Å². The van der Waals surface area contributed by atoms with Crippen LogP contribution in [0.1, 0.15) is 284 Å². The fourth-order valence-corrected chi connectivity index (χ4v) is 9.31. The van der Waals surface area contributed by atoms with Crippen molar-refractivity contribution in [2.75, 3.05) is 40.9 Å². The van der Waals surface area contributed by atoms with E-state index in [1.54, 1.807) is 0 Å². The second kappa shape index (κ2) is 47.3. The minimum atomic E-state index is -4.32. The van der Waals surface area contributed by atoms with Crippen molar-refractivity contribution in [1.82, 2.24) is 5.32 Å². The summed E-state index contributed by atoms with van der Waals surface area (Å²) in [5.74, 6) is -0.141. The van der Waals surface area contributed by atoms with Crippen molar-refractivity contribution < 1.29 is 32.9 Å². The number of likely N-dealkylation sites (N-methyl/N-ethyl adjacent to an activating group) is 1. The molecule has 0 radical (unpaired) electrons. The second-order valence-corrected chi connectivity index (χ2v) is 22.1. The van der Waals surface area contributed by atoms with Crippen LogP contribution in [0, 0.1) is 0 Å². The van der Waals surface area contributed by atoms with Crippen LogP contribution in [0.5, 0.6) is 0 Å². The van der Waals surface area contributed by atoms with Gasteiger partial charge in [-0.25, -0.2) is 4.57 Å². The molecule has 3 N–H and O–H groups in total. The van der Waals surface area contributed by atoms with Gasteiger partial charge in [-0.3, -0.25) is 13.8 Å². The fraction of sp³-hybridized carbons (Fsp3) is 0.945. The molecule has 0 rings (SSSR count). The van der Waals surface area contributed by atoms with Gasteiger partial charge in [0.15, 0.2) is 0 Å². The molecule has 9 heteroatoms. The number of aliphatic hydroxyl groups excluding tert-OH is 1. The number of aliphatic hydroxyl groups is 1. The number of unbranched alkanes of at least 4 members (excludes halogenated alkanes) is 37. The third kappa shape index (κ3) is 49.2. The molecular formula is C55H112N2O6P+. The van der Waals surface area contributed by atoms with Crippen LogP contribution >= 0.6 is 7.82 Å². The van der Waals surface area contributed by atoms with Crippen molar-refractivity contribution in [3.05, 3.63) is 12.2 Å². The smallest absolute Gasteiger partial charge is 0.391 e. The number of quaternary nitrogens is 1. The van der Waals surface area contributed by atoms with E-state index in [9.17, 15) is 19.4 Å². The summed E-state index contributed by atoms with van der Waals surface area (Å²) in [5.41, 5.74) is 0. The number of carbonyl (C=O) groups is 1. The minimum absolute atomic E-state index is 0.0769. The Balaban J connectivity index is 4.12. The lowest BCUT2D eigenvalue weighted by Crippen LogP contribution is -2.46. The number of phosphoric acid groups is 1. The Morgan fingerprint density at radius 3 is 1.20 bits per heavy atom. The van der Waals surface area contributed by atoms with Gasteiger partial charge in [0.25, 0.3) is 0 Å². The molecule has 0 saturated carbocycles. The summed E-state index contributed by atoms with van der Waals surface area (Å²) in [4.78, 5) is 23.3. The van der Waals surface area contributed by atoms with Crippen LogP contribution in [0.15, 0.2) is 12.2 Å². The van der Waals surface area contributed by atoms with Crippen LogP contribution in [0.4, 0.5) is 0 Å². The molecule has 382 valence electrons. The number of hydrogen-bond donors (Lipinski definition) is 3. The second-order valence-electron chi connectivity index (χ2n) is 20.7. The van der Waals surface area contributed by atoms with Gasteiger partial charge in [0.2, 0.25) is 5.91 Å². The summed E-state index contributed by atoms with van der Waals surface area (Å²) in [6.07, 6.45) is 56.9. The van der Waals surface area contributed by atoms with Crippen molar-refractivity contribution >= 4 is 13.7 Å². The Kier molecular flexibility index (Phi) is 46.8. The Labute approximate surface area is 399 Å². The van der Waals surface area contributed by atoms with E-state index in [0.29, 0.717) is 23.9 Å². The highest BCUT2D eigenvalue weighted by Gasteiger charge is 2.28. The summed E-state index contributed by atoms with van der Waals surface area (Å²) < 4.78 is 23.8. The lowest BCUT2D eigenvalue weighted by Gasteiger charge is -2.26. The van der Waals surface area contributed by atoms with Crippen molar-refractivity contribution in [2.24, 2.45) is 0 Å². The number of rotatable bonds is 52. The maximum Gasteiger partial charge on any atom is 0.472 e. The van der Waals surface area contributed by atoms with E-state index in [-0.39, 0.29) is 19.1 Å². The van der Waals surface area contributed by atoms with Crippen LogP contribution in [0.2, 0.25) is 0 Å². The molecule has 0 heterocycles. The van der Waals surface area contributed by atoms with Gasteiger partial charge in [-0.05, 0) is 38.5 Å². The summed E-state index contributed by atoms with van der Waals surface area (Å²) in [6, 6.07) is -0.758. The van der Waals surface area contributed by atoms with Gasteiger partial charge in [-0.2, -0.15) is 0 Å². The molecule has 0 aliphatic rings. The molecule has 3 unspecified atom stereocenters. The molecule has 3 atom stereocenters. The molecule has 1 amide bonds. The number of nitrogens with one attached hydrogen (secondary N) is 1. The molecule has 0 aromatic heterocycles. The number of phosphoric ester groups is 1. The Morgan fingerprint density at radius 1 is 0.516 bits per heavy atom. The Hall–Kier alpha value is -0.760. The van der Waals surface area contributed by atoms with Gasteiger partial charge < -0.3 is 19.8 Å². The van der Waals surface area contributed by atoms with E-state index in [0.717, 1.165) is 38.5 Å². The largest absolute Gasteiger partial charge is 0.472 e. The molecule has 0 bridgehead atoms. The first kappa shape index (κ1) is 63.2. The fourth-order valence-electron chi connectivity index (χ4n) is 8.57. The van der Waals surface area contributed by atoms with Crippen molar-refractivity contribution in [2.45, 2.75) is 296 Å². The SMILES string of the molecule is CCCCCCCCCCCCCC/C=C\CCCCCCCCCCCCC(=O)NC(COP(=O)(O)OCC[N+](C)(C)C)C(O)CCCCCCCCCCCCCCCCCC. The standard InChI is InChI=1S/C55H111N2O6P/c1-6-8-10-12-14-16-18-20-22-24-25-26-27-28-29-30-31-32-33-35-37-39-41-43-45-47-49-55(59)56-53(52-63-64(60,61)62-51-50-57(3,4)5)54(58)48-46-44-42-40-38-36-34-23-21-19-17-15-13-11-9-7-2/h28-29,53-54,58H,6-27,30-52H2,1-5H3,(H-,56,59,60,61)/p+1/b29-28-. The van der Waals surface area contributed by atoms with Crippen molar-refractivity contribution in [1.29, 1.82) is 0 Å². The van der Waals surface area contributed by atoms with Crippen molar-refractivity contribution in [3.8, 4) is 0 Å². The molecular weight excluding hydrogens is 816 g/mol. The van der Waals surface area contributed by atoms with Crippen LogP contribution in [-0.4, -0.2) is 73.4 Å². The summed E-state index contributed by atoms with van der Waals surface area (Å²) in [7, 11) is 1.63. The average Bonchev–Trinajstić information content (AvgIpc) is 3.25. The lowest BCUT2D eigenvalue weighted by molar-refractivity contribution is -0.870. The molecule has 64 heavy (non-hydrogen) atoms. The van der Waals surface area contributed by atoms with Gasteiger partial charge in [-0.15, -0.1) is 0 Å². The molecule has 0 aromatic rings. The van der Waals surface area contributed by atoms with Crippen molar-refractivity contribution in [3.63, 3.8) is 0 Å². The quantitative estimate of drug-likeness (QED) is 0.0243. The highest BCUT2D eigenvalue weighted by atomic mass is 31.2. The van der Waals surface area contributed by atoms with Gasteiger partial charge >= 0.3 is 7.82 Å². The van der Waals surface area contributed by atoms with Gasteiger partial charge in [0, 0.05) is 6.42 Å². The van der Waals surface area contributed by atoms with E-state index in [4.69, 9.17) is 9.05 Å². The maximum atomic E-state index is 13.0. The predicted molar refractivity (Wildman–Crippen MR) is 277 cm³/mol. The first-order chi connectivity index (χ1) is 31.0. The summed E-state index contributed by atoms with van der Waals surface area (Å²) in [6.45, 7) is 4.93. The zero-order chi connectivity index (χ0) is 47.1. The van der Waals surface area contributed by atoms with E-state index < -0.39 is 20.0 Å². The predicted octanol–water partition coefficient (Wildman–Crippen LogP) is 16.7. The monoisotopic (exact) mass is 928 g/mol. The number of amides is 1. The number of nitrogens with zero attached hydrogens (tertiary/aromatic N) is 1. The first-order valence-corrected chi connectivity index (χ1v) is 29.5. The molecule has 8 nitrogen and oxygen atoms in total. The van der Waals surface area contributed by atoms with Crippen LogP contribution < -0.4 is 5.32 Å². The van der Waals surface area contributed by atoms with Crippen LogP contribution in [0.3, 0.4) is 0 Å². The maximum absolute atomic E-state index is 13.0. The molecule has 0 fully saturated rings. The van der Waals surface area contributed by atoms with E-state index >= 15 is 0 Å². The molecule has 0 aromatic carbocycles. The highest BCUT2D eigenvalue weighted by Crippen LogP contribution is 2.43. The summed E-state index contributed by atoms with van der Waals surface area (Å²) >= 11 is 0. The third-order valence-electron chi connectivity index (χ3n) is 13.0. The van der Waals surface area contributed by atoms with Crippen LogP contribution in [0.25, 0.3) is 0 Å². The molecule has 0 aliphatic heterocycles.